The zero-order valence-corrected chi connectivity index (χ0v) is 16.9. The number of benzene rings is 2. The van der Waals surface area contributed by atoms with Crippen LogP contribution in [0.2, 0.25) is 0 Å². The molecular weight excluding hydrogens is 408 g/mol. The molecule has 0 spiro atoms. The van der Waals surface area contributed by atoms with Crippen molar-refractivity contribution in [2.24, 2.45) is 11.5 Å². The van der Waals surface area contributed by atoms with E-state index in [4.69, 9.17) is 16.2 Å². The zero-order valence-electron chi connectivity index (χ0n) is 16.9. The van der Waals surface area contributed by atoms with Crippen LogP contribution in [0.5, 0.6) is 5.75 Å². The van der Waals surface area contributed by atoms with Gasteiger partial charge < -0.3 is 21.5 Å². The molecule has 0 saturated heterocycles. The number of carbonyl (C=O) groups is 2. The second-order valence-electron chi connectivity index (χ2n) is 6.91. The van der Waals surface area contributed by atoms with Crippen LogP contribution in [0.15, 0.2) is 79.3 Å². The van der Waals surface area contributed by atoms with E-state index in [2.05, 4.69) is 15.4 Å². The number of rotatable bonds is 7. The number of carbonyl (C=O) groups excluding carboxylic acids is 2. The smallest absolute Gasteiger partial charge is 0.316 e. The third-order valence-corrected chi connectivity index (χ3v) is 4.63. The fourth-order valence-electron chi connectivity index (χ4n) is 3.13. The summed E-state index contributed by atoms with van der Waals surface area (Å²) in [6.07, 6.45) is 4.97. The Morgan fingerprint density at radius 1 is 1.00 bits per heavy atom. The van der Waals surface area contributed by atoms with Gasteiger partial charge in [0, 0.05) is 18.0 Å². The van der Waals surface area contributed by atoms with E-state index in [1.165, 1.54) is 10.9 Å². The van der Waals surface area contributed by atoms with E-state index < -0.39 is 11.9 Å². The number of hydrogen-bond acceptors (Lipinski definition) is 5. The lowest BCUT2D eigenvalue weighted by Crippen LogP contribution is -2.22. The highest BCUT2D eigenvalue weighted by Crippen LogP contribution is 2.26. The molecule has 5 N–H and O–H groups in total. The van der Waals surface area contributed by atoms with Gasteiger partial charge in [0.1, 0.15) is 12.4 Å². The van der Waals surface area contributed by atoms with E-state index in [1.54, 1.807) is 12.4 Å². The molecule has 9 heteroatoms. The number of pyridine rings is 1. The summed E-state index contributed by atoms with van der Waals surface area (Å²) in [6.45, 7) is 0.430. The summed E-state index contributed by atoms with van der Waals surface area (Å²) in [6, 6.07) is 18.3. The molecule has 32 heavy (non-hydrogen) atoms. The molecule has 0 saturated carbocycles. The van der Waals surface area contributed by atoms with E-state index in [9.17, 15) is 9.59 Å². The fraction of sp³-hybridized carbons (Fsp3) is 0.0435. The number of primary amides is 2. The lowest BCUT2D eigenvalue weighted by atomic mass is 10.1. The lowest BCUT2D eigenvalue weighted by molar-refractivity contribution is 0.0996. The summed E-state index contributed by atoms with van der Waals surface area (Å²) in [7, 11) is 0. The third kappa shape index (κ3) is 4.73. The van der Waals surface area contributed by atoms with Gasteiger partial charge in [-0.05, 0) is 41.5 Å². The maximum Gasteiger partial charge on any atom is 0.316 e. The molecular formula is C23H20N6O3. The number of nitrogens with two attached hydrogens (primary N) is 2. The average molecular weight is 428 g/mol. The van der Waals surface area contributed by atoms with Gasteiger partial charge in [0.05, 0.1) is 17.6 Å². The first-order valence-corrected chi connectivity index (χ1v) is 9.68. The van der Waals surface area contributed by atoms with Crippen LogP contribution < -0.4 is 21.5 Å². The van der Waals surface area contributed by atoms with Gasteiger partial charge in [-0.1, -0.05) is 30.3 Å². The number of urea groups is 1. The molecule has 0 bridgehead atoms. The van der Waals surface area contributed by atoms with Crippen molar-refractivity contribution in [3.05, 3.63) is 90.5 Å². The minimum Gasteiger partial charge on any atom is -0.489 e. The van der Waals surface area contributed by atoms with Gasteiger partial charge in [-0.2, -0.15) is 5.10 Å². The monoisotopic (exact) mass is 428 g/mol. The van der Waals surface area contributed by atoms with Crippen LogP contribution in [0.25, 0.3) is 16.8 Å². The highest BCUT2D eigenvalue weighted by atomic mass is 16.5. The first kappa shape index (κ1) is 20.6. The highest BCUT2D eigenvalue weighted by molar-refractivity contribution is 6.00. The summed E-state index contributed by atoms with van der Waals surface area (Å²) < 4.78 is 7.32. The maximum atomic E-state index is 11.6. The van der Waals surface area contributed by atoms with Gasteiger partial charge in [-0.25, -0.2) is 9.48 Å². The molecule has 0 aliphatic heterocycles. The van der Waals surface area contributed by atoms with Crippen molar-refractivity contribution >= 4 is 17.6 Å². The largest absolute Gasteiger partial charge is 0.489 e. The predicted octanol–water partition coefficient (Wildman–Crippen LogP) is 3.10. The van der Waals surface area contributed by atoms with Crippen molar-refractivity contribution in [1.29, 1.82) is 0 Å². The molecule has 0 aliphatic rings. The summed E-state index contributed by atoms with van der Waals surface area (Å²) >= 11 is 0. The van der Waals surface area contributed by atoms with Crippen LogP contribution in [-0.2, 0) is 6.61 Å². The normalized spacial score (nSPS) is 10.5. The molecule has 9 nitrogen and oxygen atoms in total. The number of hydrogen-bond donors (Lipinski definition) is 3. The summed E-state index contributed by atoms with van der Waals surface area (Å²) in [5, 5.41) is 6.50. The summed E-state index contributed by atoms with van der Waals surface area (Å²) in [5.41, 5.74) is 14.2. The third-order valence-electron chi connectivity index (χ3n) is 4.63. The molecule has 2 heterocycles. The van der Waals surface area contributed by atoms with Crippen LogP contribution in [0.1, 0.15) is 16.1 Å². The molecule has 0 atom stereocenters. The Kier molecular flexibility index (Phi) is 5.80. The molecule has 4 aromatic rings. The Balaban J connectivity index is 1.53. The molecule has 0 aliphatic carbocycles. The SMILES string of the molecule is NC(=O)Nc1cn(-c2ccc(-c3cccc(OCc4cccnc4)c3)cc2)nc1C(N)=O. The van der Waals surface area contributed by atoms with E-state index in [1.807, 2.05) is 60.7 Å². The molecule has 3 amide bonds. The van der Waals surface area contributed by atoms with Crippen molar-refractivity contribution in [1.82, 2.24) is 14.8 Å². The number of nitrogens with one attached hydrogen (secondary N) is 1. The van der Waals surface area contributed by atoms with Crippen molar-refractivity contribution in [2.75, 3.05) is 5.32 Å². The Morgan fingerprint density at radius 3 is 2.50 bits per heavy atom. The van der Waals surface area contributed by atoms with Crippen molar-refractivity contribution < 1.29 is 14.3 Å². The molecule has 2 aromatic heterocycles. The van der Waals surface area contributed by atoms with Gasteiger partial charge in [0.2, 0.25) is 0 Å². The average Bonchev–Trinajstić information content (AvgIpc) is 3.22. The van der Waals surface area contributed by atoms with Crippen molar-refractivity contribution in [3.8, 4) is 22.6 Å². The Labute approximate surface area is 183 Å². The lowest BCUT2D eigenvalue weighted by Gasteiger charge is -2.09. The van der Waals surface area contributed by atoms with E-state index >= 15 is 0 Å². The first-order chi connectivity index (χ1) is 15.5. The number of nitrogens with zero attached hydrogens (tertiary/aromatic N) is 3. The minimum absolute atomic E-state index is 0.0775. The van der Waals surface area contributed by atoms with E-state index in [-0.39, 0.29) is 11.4 Å². The second kappa shape index (κ2) is 9.00. The van der Waals surface area contributed by atoms with Crippen LogP contribution in [-0.4, -0.2) is 26.7 Å². The number of aromatic nitrogens is 3. The fourth-order valence-corrected chi connectivity index (χ4v) is 3.13. The summed E-state index contributed by atoms with van der Waals surface area (Å²) in [4.78, 5) is 26.8. The van der Waals surface area contributed by atoms with Gasteiger partial charge in [-0.15, -0.1) is 0 Å². The number of ether oxygens (including phenoxy) is 1. The zero-order chi connectivity index (χ0) is 22.5. The second-order valence-corrected chi connectivity index (χ2v) is 6.91. The van der Waals surface area contributed by atoms with E-state index in [0.717, 1.165) is 22.4 Å². The standard InChI is InChI=1S/C23H20N6O3/c24-22(30)21-20(27-23(25)31)13-29(28-21)18-8-6-16(7-9-18)17-4-1-5-19(11-17)32-14-15-3-2-10-26-12-15/h1-13H,14H2,(H2,24,30)(H3,25,27,31). The molecule has 2 aromatic carbocycles. The van der Waals surface area contributed by atoms with Crippen molar-refractivity contribution in [3.63, 3.8) is 0 Å². The quantitative estimate of drug-likeness (QED) is 0.415. The first-order valence-electron chi connectivity index (χ1n) is 9.68. The molecule has 160 valence electrons. The maximum absolute atomic E-state index is 11.6. The van der Waals surface area contributed by atoms with Crippen LogP contribution >= 0.6 is 0 Å². The predicted molar refractivity (Wildman–Crippen MR) is 119 cm³/mol. The van der Waals surface area contributed by atoms with Gasteiger partial charge in [-0.3, -0.25) is 9.78 Å². The Hall–Kier alpha value is -4.66. The van der Waals surface area contributed by atoms with Crippen molar-refractivity contribution in [2.45, 2.75) is 6.61 Å². The molecule has 4 rings (SSSR count). The Bertz CT molecular complexity index is 1250. The summed E-state index contributed by atoms with van der Waals surface area (Å²) in [5.74, 6) is -0.0250. The van der Waals surface area contributed by atoms with Crippen LogP contribution in [0.4, 0.5) is 10.5 Å². The van der Waals surface area contributed by atoms with Crippen LogP contribution in [0.3, 0.4) is 0 Å². The molecule has 0 radical (unpaired) electrons. The number of amides is 3. The number of anilines is 1. The minimum atomic E-state index is -0.812. The van der Waals surface area contributed by atoms with E-state index in [0.29, 0.717) is 12.3 Å². The molecule has 0 unspecified atom stereocenters. The topological polar surface area (TPSA) is 138 Å². The van der Waals surface area contributed by atoms with Gasteiger partial charge in [0.25, 0.3) is 5.91 Å². The Morgan fingerprint density at radius 2 is 1.81 bits per heavy atom. The van der Waals surface area contributed by atoms with Gasteiger partial charge in [0.15, 0.2) is 5.69 Å². The van der Waals surface area contributed by atoms with Gasteiger partial charge >= 0.3 is 6.03 Å². The molecule has 0 fully saturated rings. The van der Waals surface area contributed by atoms with Crippen LogP contribution in [0, 0.1) is 0 Å². The highest BCUT2D eigenvalue weighted by Gasteiger charge is 2.16.